The highest BCUT2D eigenvalue weighted by Gasteiger charge is 2.16. The van der Waals surface area contributed by atoms with E-state index in [9.17, 15) is 9.59 Å². The Balaban J connectivity index is 1.88. The van der Waals surface area contributed by atoms with Crippen molar-refractivity contribution in [3.63, 3.8) is 0 Å². The summed E-state index contributed by atoms with van der Waals surface area (Å²) in [6.07, 6.45) is -0.541. The van der Waals surface area contributed by atoms with Crippen molar-refractivity contribution in [2.45, 2.75) is 39.8 Å². The van der Waals surface area contributed by atoms with Gasteiger partial charge in [-0.15, -0.1) is 0 Å². The zero-order valence-corrected chi connectivity index (χ0v) is 14.2. The first kappa shape index (κ1) is 17.5. The van der Waals surface area contributed by atoms with E-state index in [0.29, 0.717) is 17.0 Å². The van der Waals surface area contributed by atoms with Gasteiger partial charge in [0.2, 0.25) is 0 Å². The Morgan fingerprint density at radius 3 is 2.42 bits per heavy atom. The maximum absolute atomic E-state index is 12.1. The molecule has 0 aliphatic rings. The zero-order valence-electron chi connectivity index (χ0n) is 14.2. The Bertz CT molecular complexity index is 714. The maximum atomic E-state index is 12.1. The minimum absolute atomic E-state index is 0.243. The SMILES string of the molecule is Cc1cc(CNC(=O)c2ccc(NC(=O)OC(C)(C)C)cc2)on1. The van der Waals surface area contributed by atoms with Gasteiger partial charge in [-0.25, -0.2) is 4.79 Å². The van der Waals surface area contributed by atoms with Crippen molar-refractivity contribution in [1.82, 2.24) is 10.5 Å². The van der Waals surface area contributed by atoms with Crippen LogP contribution in [0.5, 0.6) is 0 Å². The molecule has 2 amide bonds. The highest BCUT2D eigenvalue weighted by Crippen LogP contribution is 2.13. The molecule has 2 N–H and O–H groups in total. The van der Waals surface area contributed by atoms with Gasteiger partial charge in [-0.05, 0) is 52.0 Å². The fourth-order valence-electron chi connectivity index (χ4n) is 1.90. The van der Waals surface area contributed by atoms with E-state index in [1.807, 2.05) is 6.92 Å². The molecular weight excluding hydrogens is 310 g/mol. The Hall–Kier alpha value is -2.83. The van der Waals surface area contributed by atoms with Gasteiger partial charge in [-0.3, -0.25) is 10.1 Å². The number of hydrogen-bond acceptors (Lipinski definition) is 5. The van der Waals surface area contributed by atoms with E-state index in [-0.39, 0.29) is 12.5 Å². The van der Waals surface area contributed by atoms with E-state index >= 15 is 0 Å². The lowest BCUT2D eigenvalue weighted by Crippen LogP contribution is -2.27. The highest BCUT2D eigenvalue weighted by molar-refractivity contribution is 5.95. The van der Waals surface area contributed by atoms with Crippen LogP contribution in [0, 0.1) is 6.92 Å². The summed E-state index contributed by atoms with van der Waals surface area (Å²) in [4.78, 5) is 23.7. The molecule has 0 radical (unpaired) electrons. The van der Waals surface area contributed by atoms with Crippen molar-refractivity contribution >= 4 is 17.7 Å². The zero-order chi connectivity index (χ0) is 17.7. The third-order valence-electron chi connectivity index (χ3n) is 2.89. The molecule has 0 atom stereocenters. The van der Waals surface area contributed by atoms with Gasteiger partial charge < -0.3 is 14.6 Å². The number of benzene rings is 1. The van der Waals surface area contributed by atoms with Crippen LogP contribution in [0.3, 0.4) is 0 Å². The number of aryl methyl sites for hydroxylation is 1. The lowest BCUT2D eigenvalue weighted by Gasteiger charge is -2.19. The van der Waals surface area contributed by atoms with Gasteiger partial charge in [0, 0.05) is 17.3 Å². The molecule has 2 aromatic rings. The summed E-state index contributed by atoms with van der Waals surface area (Å²) < 4.78 is 10.2. The summed E-state index contributed by atoms with van der Waals surface area (Å²) >= 11 is 0. The highest BCUT2D eigenvalue weighted by atomic mass is 16.6. The van der Waals surface area contributed by atoms with E-state index < -0.39 is 11.7 Å². The summed E-state index contributed by atoms with van der Waals surface area (Å²) in [5, 5.41) is 9.10. The second kappa shape index (κ2) is 7.16. The molecule has 128 valence electrons. The van der Waals surface area contributed by atoms with Gasteiger partial charge in [0.1, 0.15) is 5.60 Å². The largest absolute Gasteiger partial charge is 0.444 e. The minimum Gasteiger partial charge on any atom is -0.444 e. The predicted octanol–water partition coefficient (Wildman–Crippen LogP) is 3.26. The summed E-state index contributed by atoms with van der Waals surface area (Å²) in [6.45, 7) is 7.44. The number of hydrogen-bond donors (Lipinski definition) is 2. The molecule has 1 aromatic carbocycles. The summed E-state index contributed by atoms with van der Waals surface area (Å²) in [7, 11) is 0. The van der Waals surface area contributed by atoms with Crippen molar-refractivity contribution in [3.8, 4) is 0 Å². The standard InChI is InChI=1S/C17H21N3O4/c1-11-9-14(24-20-11)10-18-15(21)12-5-7-13(8-6-12)19-16(22)23-17(2,3)4/h5-9H,10H2,1-4H3,(H,18,21)(H,19,22). The van der Waals surface area contributed by atoms with E-state index in [0.717, 1.165) is 5.69 Å². The number of aromatic nitrogens is 1. The van der Waals surface area contributed by atoms with Gasteiger partial charge in [0.05, 0.1) is 12.2 Å². The first-order valence-electron chi connectivity index (χ1n) is 7.53. The second-order valence-electron chi connectivity index (χ2n) is 6.32. The average Bonchev–Trinajstić information content (AvgIpc) is 2.89. The number of amides is 2. The average molecular weight is 331 g/mol. The van der Waals surface area contributed by atoms with Crippen LogP contribution >= 0.6 is 0 Å². The number of rotatable bonds is 4. The minimum atomic E-state index is -0.566. The molecule has 0 bridgehead atoms. The first-order chi connectivity index (χ1) is 11.2. The van der Waals surface area contributed by atoms with Crippen LogP contribution in [0.15, 0.2) is 34.9 Å². The molecular formula is C17H21N3O4. The van der Waals surface area contributed by atoms with E-state index in [4.69, 9.17) is 9.26 Å². The van der Waals surface area contributed by atoms with Crippen molar-refractivity contribution in [1.29, 1.82) is 0 Å². The third kappa shape index (κ3) is 5.42. The lowest BCUT2D eigenvalue weighted by molar-refractivity contribution is 0.0635. The molecule has 0 aliphatic heterocycles. The van der Waals surface area contributed by atoms with Gasteiger partial charge >= 0.3 is 6.09 Å². The number of anilines is 1. The van der Waals surface area contributed by atoms with E-state index in [2.05, 4.69) is 15.8 Å². The predicted molar refractivity (Wildman–Crippen MR) is 88.7 cm³/mol. The third-order valence-corrected chi connectivity index (χ3v) is 2.89. The van der Waals surface area contributed by atoms with E-state index in [1.165, 1.54) is 0 Å². The number of ether oxygens (including phenoxy) is 1. The van der Waals surface area contributed by atoms with Crippen LogP contribution in [0.4, 0.5) is 10.5 Å². The van der Waals surface area contributed by atoms with Crippen LogP contribution in [0.25, 0.3) is 0 Å². The summed E-state index contributed by atoms with van der Waals surface area (Å²) in [6, 6.07) is 8.27. The van der Waals surface area contributed by atoms with Crippen molar-refractivity contribution in [2.24, 2.45) is 0 Å². The monoisotopic (exact) mass is 331 g/mol. The Kier molecular flexibility index (Phi) is 5.23. The van der Waals surface area contributed by atoms with Crippen LogP contribution < -0.4 is 10.6 Å². The molecule has 0 unspecified atom stereocenters. The Morgan fingerprint density at radius 1 is 1.21 bits per heavy atom. The first-order valence-corrected chi connectivity index (χ1v) is 7.53. The molecule has 0 spiro atoms. The molecule has 2 rings (SSSR count). The molecule has 7 heteroatoms. The molecule has 1 aromatic heterocycles. The quantitative estimate of drug-likeness (QED) is 0.897. The smallest absolute Gasteiger partial charge is 0.412 e. The van der Waals surface area contributed by atoms with Gasteiger partial charge in [-0.1, -0.05) is 5.16 Å². The van der Waals surface area contributed by atoms with Crippen LogP contribution in [-0.4, -0.2) is 22.8 Å². The van der Waals surface area contributed by atoms with E-state index in [1.54, 1.807) is 51.1 Å². The number of carbonyl (C=O) groups excluding carboxylic acids is 2. The fourth-order valence-corrected chi connectivity index (χ4v) is 1.90. The fraction of sp³-hybridized carbons (Fsp3) is 0.353. The lowest BCUT2D eigenvalue weighted by atomic mass is 10.2. The van der Waals surface area contributed by atoms with Crippen LogP contribution in [-0.2, 0) is 11.3 Å². The molecule has 0 aliphatic carbocycles. The molecule has 1 heterocycles. The second-order valence-corrected chi connectivity index (χ2v) is 6.32. The van der Waals surface area contributed by atoms with Crippen LogP contribution in [0.2, 0.25) is 0 Å². The summed E-state index contributed by atoms with van der Waals surface area (Å²) in [5.74, 6) is 0.344. The Labute approximate surface area is 140 Å². The topological polar surface area (TPSA) is 93.5 Å². The normalized spacial score (nSPS) is 11.0. The van der Waals surface area contributed by atoms with Crippen molar-refractivity contribution in [3.05, 3.63) is 47.3 Å². The molecule has 0 saturated heterocycles. The number of nitrogens with zero attached hydrogens (tertiary/aromatic N) is 1. The molecule has 0 fully saturated rings. The number of carbonyl (C=O) groups is 2. The van der Waals surface area contributed by atoms with Crippen molar-refractivity contribution in [2.75, 3.05) is 5.32 Å². The molecule has 7 nitrogen and oxygen atoms in total. The van der Waals surface area contributed by atoms with Gasteiger partial charge in [-0.2, -0.15) is 0 Å². The molecule has 0 saturated carbocycles. The van der Waals surface area contributed by atoms with Crippen molar-refractivity contribution < 1.29 is 18.8 Å². The Morgan fingerprint density at radius 2 is 1.88 bits per heavy atom. The number of nitrogens with one attached hydrogen (secondary N) is 2. The van der Waals surface area contributed by atoms with Gasteiger partial charge in [0.25, 0.3) is 5.91 Å². The van der Waals surface area contributed by atoms with Gasteiger partial charge in [0.15, 0.2) is 5.76 Å². The van der Waals surface area contributed by atoms with Crippen LogP contribution in [0.1, 0.15) is 42.6 Å². The summed E-state index contributed by atoms with van der Waals surface area (Å²) in [5.41, 5.74) is 1.22. The molecule has 24 heavy (non-hydrogen) atoms. The maximum Gasteiger partial charge on any atom is 0.412 e.